The van der Waals surface area contributed by atoms with Gasteiger partial charge in [-0.1, -0.05) is 218 Å². The first-order chi connectivity index (χ1) is 19.4. The monoisotopic (exact) mass is 636 g/mol. The summed E-state index contributed by atoms with van der Waals surface area (Å²) in [7, 11) is 0. The van der Waals surface area contributed by atoms with Crippen LogP contribution in [0.15, 0.2) is 121 Å². The van der Waals surface area contributed by atoms with Crippen molar-refractivity contribution in [2.45, 2.75) is 103 Å². The van der Waals surface area contributed by atoms with Gasteiger partial charge in [0, 0.05) is 32.7 Å². The van der Waals surface area contributed by atoms with Gasteiger partial charge in [-0.3, -0.25) is 0 Å². The minimum absolute atomic E-state index is 0. The zero-order valence-electron chi connectivity index (χ0n) is 29.8. The molecule has 4 aromatic carbocycles. The standard InChI is InChI=1S/C13H12.C12H10.7C2H6.CH3.Y/c1-3-7-12(8-4-1)11-13-9-5-2-6-10-13;1-3-7-11(8-4-1)12-9-5-2-6-10-12;7*1-2;;/h1-10H,11H2;1-10H;7*1-2H3;1H3;/q;;;;;;;;;-1;. The molecular weight excluding hydrogens is 569 g/mol. The van der Waals surface area contributed by atoms with E-state index in [1.54, 1.807) is 0 Å². The summed E-state index contributed by atoms with van der Waals surface area (Å²) in [6.07, 6.45) is 1.03. The maximum absolute atomic E-state index is 2.16. The molecule has 0 amide bonds. The van der Waals surface area contributed by atoms with Crippen LogP contribution in [0, 0.1) is 7.43 Å². The summed E-state index contributed by atoms with van der Waals surface area (Å²) < 4.78 is 0. The Kier molecular flexibility index (Phi) is 72.6. The molecule has 0 bridgehead atoms. The minimum Gasteiger partial charge on any atom is -0.358 e. The van der Waals surface area contributed by atoms with Crippen molar-refractivity contribution in [3.05, 3.63) is 140 Å². The van der Waals surface area contributed by atoms with Crippen molar-refractivity contribution in [3.8, 4) is 11.1 Å². The molecule has 4 rings (SSSR count). The number of rotatable bonds is 3. The van der Waals surface area contributed by atoms with Crippen molar-refractivity contribution in [2.24, 2.45) is 0 Å². The topological polar surface area (TPSA) is 0 Å². The molecule has 0 fully saturated rings. The molecule has 231 valence electrons. The van der Waals surface area contributed by atoms with Crippen molar-refractivity contribution in [1.82, 2.24) is 0 Å². The van der Waals surface area contributed by atoms with E-state index in [2.05, 4.69) is 109 Å². The van der Waals surface area contributed by atoms with Gasteiger partial charge in [0.2, 0.25) is 0 Å². The first-order valence-electron chi connectivity index (χ1n) is 15.6. The molecular formula is C40H67Y-. The zero-order valence-corrected chi connectivity index (χ0v) is 32.7. The van der Waals surface area contributed by atoms with Gasteiger partial charge in [0.05, 0.1) is 0 Å². The van der Waals surface area contributed by atoms with Crippen LogP contribution in [0.3, 0.4) is 0 Å². The van der Waals surface area contributed by atoms with Crippen molar-refractivity contribution >= 4 is 0 Å². The SMILES string of the molecule is CC.CC.CC.CC.CC.CC.CC.[CH3-].[Y].c1ccc(-c2ccccc2)cc1.c1ccc(Cc2ccccc2)cc1. The third kappa shape index (κ3) is 34.1. The molecule has 0 saturated heterocycles. The van der Waals surface area contributed by atoms with E-state index in [1.807, 2.05) is 109 Å². The summed E-state index contributed by atoms with van der Waals surface area (Å²) in [5.74, 6) is 0. The summed E-state index contributed by atoms with van der Waals surface area (Å²) in [4.78, 5) is 0. The fourth-order valence-electron chi connectivity index (χ4n) is 2.69. The molecule has 0 N–H and O–H groups in total. The molecule has 0 aromatic heterocycles. The van der Waals surface area contributed by atoms with Crippen LogP contribution in [-0.4, -0.2) is 0 Å². The predicted octanol–water partition coefficient (Wildman–Crippen LogP) is 14.3. The van der Waals surface area contributed by atoms with Gasteiger partial charge in [-0.25, -0.2) is 0 Å². The molecule has 41 heavy (non-hydrogen) atoms. The van der Waals surface area contributed by atoms with Crippen LogP contribution in [0.4, 0.5) is 0 Å². The Labute approximate surface area is 285 Å². The summed E-state index contributed by atoms with van der Waals surface area (Å²) in [6.45, 7) is 28.0. The van der Waals surface area contributed by atoms with E-state index in [9.17, 15) is 0 Å². The van der Waals surface area contributed by atoms with Crippen LogP contribution < -0.4 is 0 Å². The molecule has 0 aliphatic carbocycles. The first-order valence-corrected chi connectivity index (χ1v) is 15.6. The van der Waals surface area contributed by atoms with E-state index in [0.29, 0.717) is 0 Å². The molecule has 0 atom stereocenters. The number of hydrogen-bond donors (Lipinski definition) is 0. The van der Waals surface area contributed by atoms with Gasteiger partial charge in [-0.05, 0) is 28.7 Å². The van der Waals surface area contributed by atoms with Crippen molar-refractivity contribution in [1.29, 1.82) is 0 Å². The van der Waals surface area contributed by atoms with Gasteiger partial charge in [0.1, 0.15) is 0 Å². The second kappa shape index (κ2) is 54.1. The van der Waals surface area contributed by atoms with Gasteiger partial charge in [-0.15, -0.1) is 0 Å². The Bertz CT molecular complexity index is 767. The average Bonchev–Trinajstić information content (AvgIpc) is 3.10. The molecule has 1 radical (unpaired) electrons. The summed E-state index contributed by atoms with van der Waals surface area (Å²) >= 11 is 0. The second-order valence-electron chi connectivity index (χ2n) is 5.88. The fourth-order valence-corrected chi connectivity index (χ4v) is 2.69. The van der Waals surface area contributed by atoms with E-state index in [1.165, 1.54) is 22.3 Å². The Morgan fingerprint density at radius 2 is 0.463 bits per heavy atom. The van der Waals surface area contributed by atoms with E-state index >= 15 is 0 Å². The normalized spacial score (nSPS) is 6.98. The molecule has 0 nitrogen and oxygen atoms in total. The summed E-state index contributed by atoms with van der Waals surface area (Å²) in [5, 5.41) is 0. The minimum atomic E-state index is 0. The molecule has 4 aromatic rings. The van der Waals surface area contributed by atoms with Crippen LogP contribution in [0.1, 0.15) is 108 Å². The quantitative estimate of drug-likeness (QED) is 0.196. The van der Waals surface area contributed by atoms with Crippen LogP contribution in [0.2, 0.25) is 0 Å². The second-order valence-corrected chi connectivity index (χ2v) is 5.88. The third-order valence-electron chi connectivity index (χ3n) is 3.97. The summed E-state index contributed by atoms with van der Waals surface area (Å²) in [5.41, 5.74) is 5.29. The Hall–Kier alpha value is -2.02. The largest absolute Gasteiger partial charge is 0.358 e. The molecule has 0 aliphatic heterocycles. The molecule has 0 aliphatic rings. The van der Waals surface area contributed by atoms with E-state index in [-0.39, 0.29) is 40.1 Å². The maximum atomic E-state index is 2.16. The van der Waals surface area contributed by atoms with E-state index in [4.69, 9.17) is 0 Å². The van der Waals surface area contributed by atoms with Crippen LogP contribution in [-0.2, 0) is 39.1 Å². The molecule has 0 saturated carbocycles. The van der Waals surface area contributed by atoms with E-state index < -0.39 is 0 Å². The average molecular weight is 637 g/mol. The zero-order chi connectivity index (χ0) is 31.2. The maximum Gasteiger partial charge on any atom is 0 e. The Morgan fingerprint density at radius 1 is 0.293 bits per heavy atom. The van der Waals surface area contributed by atoms with Gasteiger partial charge in [0.25, 0.3) is 0 Å². The van der Waals surface area contributed by atoms with Crippen molar-refractivity contribution < 1.29 is 32.7 Å². The third-order valence-corrected chi connectivity index (χ3v) is 3.97. The van der Waals surface area contributed by atoms with E-state index in [0.717, 1.165) is 6.42 Å². The first kappa shape index (κ1) is 55.0. The van der Waals surface area contributed by atoms with Crippen molar-refractivity contribution in [2.75, 3.05) is 0 Å². The van der Waals surface area contributed by atoms with Crippen LogP contribution in [0.5, 0.6) is 0 Å². The molecule has 0 spiro atoms. The molecule has 0 unspecified atom stereocenters. The molecule has 1 heteroatoms. The fraction of sp³-hybridized carbons (Fsp3) is 0.375. The van der Waals surface area contributed by atoms with Gasteiger partial charge < -0.3 is 7.43 Å². The van der Waals surface area contributed by atoms with Gasteiger partial charge >= 0.3 is 0 Å². The van der Waals surface area contributed by atoms with Crippen LogP contribution in [0.25, 0.3) is 11.1 Å². The summed E-state index contributed by atoms with van der Waals surface area (Å²) in [6, 6.07) is 41.8. The smallest absolute Gasteiger partial charge is 0 e. The molecule has 0 heterocycles. The number of benzene rings is 4. The van der Waals surface area contributed by atoms with Gasteiger partial charge in [-0.2, -0.15) is 0 Å². The predicted molar refractivity (Wildman–Crippen MR) is 193 cm³/mol. The Morgan fingerprint density at radius 3 is 0.659 bits per heavy atom. The van der Waals surface area contributed by atoms with Crippen molar-refractivity contribution in [3.63, 3.8) is 0 Å². The number of hydrogen-bond acceptors (Lipinski definition) is 0. The Balaban J connectivity index is -0.0000000767. The van der Waals surface area contributed by atoms with Gasteiger partial charge in [0.15, 0.2) is 0 Å². The van der Waals surface area contributed by atoms with Crippen LogP contribution >= 0.6 is 0 Å².